The largest absolute Gasteiger partial charge is 0.450 e. The zero-order chi connectivity index (χ0) is 15.2. The van der Waals surface area contributed by atoms with Crippen LogP contribution in [0.4, 0.5) is 9.93 Å². The van der Waals surface area contributed by atoms with Crippen molar-refractivity contribution >= 4 is 22.6 Å². The van der Waals surface area contributed by atoms with E-state index < -0.39 is 6.09 Å². The molecule has 0 saturated carbocycles. The molecule has 112 valence electrons. The standard InChI is InChI=1S/C16H20N2O2S/c1-4-11(3)12-6-8-13(9-7-12)14-10-21-15(17-14)18-16(19)20-5-2/h6-11H,4-5H2,1-3H3,(H,17,18,19). The van der Waals surface area contributed by atoms with Crippen LogP contribution in [0.15, 0.2) is 29.6 Å². The number of carbonyl (C=O) groups is 1. The highest BCUT2D eigenvalue weighted by molar-refractivity contribution is 7.14. The van der Waals surface area contributed by atoms with Crippen LogP contribution in [-0.4, -0.2) is 17.7 Å². The number of benzene rings is 1. The lowest BCUT2D eigenvalue weighted by Crippen LogP contribution is -2.12. The van der Waals surface area contributed by atoms with E-state index in [9.17, 15) is 4.79 Å². The van der Waals surface area contributed by atoms with Crippen LogP contribution in [0.1, 0.15) is 38.7 Å². The molecule has 5 heteroatoms. The van der Waals surface area contributed by atoms with Gasteiger partial charge in [0.05, 0.1) is 12.3 Å². The number of nitrogens with one attached hydrogen (secondary N) is 1. The molecule has 2 rings (SSSR count). The summed E-state index contributed by atoms with van der Waals surface area (Å²) in [7, 11) is 0. The Kier molecular flexibility index (Phi) is 5.33. The zero-order valence-corrected chi connectivity index (χ0v) is 13.4. The summed E-state index contributed by atoms with van der Waals surface area (Å²) >= 11 is 1.39. The number of rotatable bonds is 5. The lowest BCUT2D eigenvalue weighted by Gasteiger charge is -2.08. The molecule has 1 unspecified atom stereocenters. The molecule has 4 nitrogen and oxygen atoms in total. The lowest BCUT2D eigenvalue weighted by atomic mass is 9.97. The number of amides is 1. The van der Waals surface area contributed by atoms with Crippen LogP contribution in [0.2, 0.25) is 0 Å². The molecule has 0 aliphatic heterocycles. The van der Waals surface area contributed by atoms with Crippen molar-refractivity contribution in [1.29, 1.82) is 0 Å². The Morgan fingerprint density at radius 1 is 1.33 bits per heavy atom. The van der Waals surface area contributed by atoms with Crippen LogP contribution in [0.25, 0.3) is 11.3 Å². The molecular formula is C16H20N2O2S. The Morgan fingerprint density at radius 3 is 2.67 bits per heavy atom. The van der Waals surface area contributed by atoms with Gasteiger partial charge in [-0.25, -0.2) is 9.78 Å². The highest BCUT2D eigenvalue weighted by atomic mass is 32.1. The van der Waals surface area contributed by atoms with E-state index in [0.29, 0.717) is 17.7 Å². The molecule has 0 radical (unpaired) electrons. The first-order chi connectivity index (χ1) is 10.1. The predicted octanol–water partition coefficient (Wildman–Crippen LogP) is 4.89. The normalized spacial score (nSPS) is 12.0. The van der Waals surface area contributed by atoms with Gasteiger partial charge in [-0.3, -0.25) is 5.32 Å². The molecule has 1 atom stereocenters. The van der Waals surface area contributed by atoms with Gasteiger partial charge >= 0.3 is 6.09 Å². The van der Waals surface area contributed by atoms with Gasteiger partial charge in [0, 0.05) is 10.9 Å². The van der Waals surface area contributed by atoms with Crippen LogP contribution in [0.5, 0.6) is 0 Å². The van der Waals surface area contributed by atoms with Gasteiger partial charge in [-0.15, -0.1) is 11.3 Å². The van der Waals surface area contributed by atoms with Gasteiger partial charge in [0.1, 0.15) is 0 Å². The second-order valence-electron chi connectivity index (χ2n) is 4.81. The summed E-state index contributed by atoms with van der Waals surface area (Å²) in [6.45, 7) is 6.53. The average Bonchev–Trinajstić information content (AvgIpc) is 2.95. The molecule has 0 aliphatic carbocycles. The summed E-state index contributed by atoms with van der Waals surface area (Å²) in [6, 6.07) is 8.43. The van der Waals surface area contributed by atoms with Gasteiger partial charge < -0.3 is 4.74 Å². The van der Waals surface area contributed by atoms with Crippen molar-refractivity contribution in [3.05, 3.63) is 35.2 Å². The number of hydrogen-bond donors (Lipinski definition) is 1. The maximum Gasteiger partial charge on any atom is 0.413 e. The van der Waals surface area contributed by atoms with Crippen LogP contribution in [-0.2, 0) is 4.74 Å². The number of thiazole rings is 1. The molecule has 0 saturated heterocycles. The van der Waals surface area contributed by atoms with Gasteiger partial charge in [-0.05, 0) is 24.8 Å². The lowest BCUT2D eigenvalue weighted by molar-refractivity contribution is 0.168. The maximum atomic E-state index is 11.3. The van der Waals surface area contributed by atoms with Crippen molar-refractivity contribution in [3.8, 4) is 11.3 Å². The second-order valence-corrected chi connectivity index (χ2v) is 5.67. The van der Waals surface area contributed by atoms with E-state index in [1.54, 1.807) is 6.92 Å². The molecule has 1 aromatic carbocycles. The summed E-state index contributed by atoms with van der Waals surface area (Å²) in [5.41, 5.74) is 3.25. The van der Waals surface area contributed by atoms with Crippen LogP contribution in [0.3, 0.4) is 0 Å². The molecule has 1 heterocycles. The Morgan fingerprint density at radius 2 is 2.05 bits per heavy atom. The second kappa shape index (κ2) is 7.22. The van der Waals surface area contributed by atoms with Gasteiger partial charge in [0.15, 0.2) is 5.13 Å². The third-order valence-corrected chi connectivity index (χ3v) is 4.13. The Labute approximate surface area is 129 Å². The van der Waals surface area contributed by atoms with Gasteiger partial charge in [-0.1, -0.05) is 38.1 Å². The van der Waals surface area contributed by atoms with Crippen molar-refractivity contribution in [2.45, 2.75) is 33.1 Å². The molecule has 2 aromatic rings. The summed E-state index contributed by atoms with van der Waals surface area (Å²) in [5, 5.41) is 5.10. The fourth-order valence-electron chi connectivity index (χ4n) is 1.94. The quantitative estimate of drug-likeness (QED) is 0.855. The van der Waals surface area contributed by atoms with Gasteiger partial charge in [-0.2, -0.15) is 0 Å². The SMILES string of the molecule is CCOC(=O)Nc1nc(-c2ccc(C(C)CC)cc2)cs1. The Bertz CT molecular complexity index is 593. The number of anilines is 1. The molecule has 0 aliphatic rings. The number of carbonyl (C=O) groups excluding carboxylic acids is 1. The smallest absolute Gasteiger partial charge is 0.413 e. The average molecular weight is 304 g/mol. The molecule has 1 amide bonds. The molecule has 1 N–H and O–H groups in total. The van der Waals surface area contributed by atoms with Crippen molar-refractivity contribution in [2.75, 3.05) is 11.9 Å². The summed E-state index contributed by atoms with van der Waals surface area (Å²) in [5.74, 6) is 0.565. The minimum Gasteiger partial charge on any atom is -0.450 e. The van der Waals surface area contributed by atoms with Crippen molar-refractivity contribution in [1.82, 2.24) is 4.98 Å². The van der Waals surface area contributed by atoms with E-state index in [0.717, 1.165) is 17.7 Å². The minimum absolute atomic E-state index is 0.348. The predicted molar refractivity (Wildman–Crippen MR) is 86.9 cm³/mol. The summed E-state index contributed by atoms with van der Waals surface area (Å²) in [4.78, 5) is 15.7. The molecule has 1 aromatic heterocycles. The van der Waals surface area contributed by atoms with Crippen molar-refractivity contribution in [3.63, 3.8) is 0 Å². The van der Waals surface area contributed by atoms with E-state index >= 15 is 0 Å². The number of aromatic nitrogens is 1. The van der Waals surface area contributed by atoms with Gasteiger partial charge in [0.2, 0.25) is 0 Å². The molecule has 0 fully saturated rings. The van der Waals surface area contributed by atoms with E-state index in [1.165, 1.54) is 16.9 Å². The summed E-state index contributed by atoms with van der Waals surface area (Å²) < 4.78 is 4.83. The first-order valence-corrected chi connectivity index (χ1v) is 8.01. The fourth-order valence-corrected chi connectivity index (χ4v) is 2.64. The topological polar surface area (TPSA) is 51.2 Å². The molecule has 0 bridgehead atoms. The third-order valence-electron chi connectivity index (χ3n) is 3.38. The third kappa shape index (κ3) is 4.04. The van der Waals surface area contributed by atoms with E-state index in [4.69, 9.17) is 4.74 Å². The molecular weight excluding hydrogens is 284 g/mol. The monoisotopic (exact) mass is 304 g/mol. The van der Waals surface area contributed by atoms with E-state index in [2.05, 4.69) is 48.4 Å². The van der Waals surface area contributed by atoms with Crippen molar-refractivity contribution in [2.24, 2.45) is 0 Å². The van der Waals surface area contributed by atoms with E-state index in [-0.39, 0.29) is 0 Å². The van der Waals surface area contributed by atoms with Gasteiger partial charge in [0.25, 0.3) is 0 Å². The van der Waals surface area contributed by atoms with Crippen molar-refractivity contribution < 1.29 is 9.53 Å². The Hall–Kier alpha value is -1.88. The first kappa shape index (κ1) is 15.5. The fraction of sp³-hybridized carbons (Fsp3) is 0.375. The van der Waals surface area contributed by atoms with Crippen LogP contribution >= 0.6 is 11.3 Å². The number of hydrogen-bond acceptors (Lipinski definition) is 4. The number of ether oxygens (including phenoxy) is 1. The molecule has 0 spiro atoms. The zero-order valence-electron chi connectivity index (χ0n) is 12.6. The summed E-state index contributed by atoms with van der Waals surface area (Å²) in [6.07, 6.45) is 0.662. The number of nitrogens with zero attached hydrogens (tertiary/aromatic N) is 1. The van der Waals surface area contributed by atoms with Crippen LogP contribution in [0, 0.1) is 0 Å². The highest BCUT2D eigenvalue weighted by Crippen LogP contribution is 2.27. The first-order valence-electron chi connectivity index (χ1n) is 7.13. The van der Waals surface area contributed by atoms with E-state index in [1.807, 2.05) is 5.38 Å². The minimum atomic E-state index is -0.467. The maximum absolute atomic E-state index is 11.3. The Balaban J connectivity index is 2.08. The molecule has 21 heavy (non-hydrogen) atoms. The highest BCUT2D eigenvalue weighted by Gasteiger charge is 2.09. The van der Waals surface area contributed by atoms with Crippen LogP contribution < -0.4 is 5.32 Å².